The molecule has 1 unspecified atom stereocenters. The molecule has 0 radical (unpaired) electrons. The zero-order valence-electron chi connectivity index (χ0n) is 10.1. The molecule has 0 bridgehead atoms. The molecule has 4 N–H and O–H groups in total. The van der Waals surface area contributed by atoms with E-state index < -0.39 is 6.04 Å². The zero-order valence-corrected chi connectivity index (χ0v) is 10.1. The number of hydrogen-bond donors (Lipinski definition) is 3. The number of nitrogens with two attached hydrogens (primary N) is 1. The summed E-state index contributed by atoms with van der Waals surface area (Å²) in [6, 6.07) is 2.93. The minimum atomic E-state index is -0.534. The monoisotopic (exact) mass is 236 g/mol. The van der Waals surface area contributed by atoms with E-state index in [9.17, 15) is 4.79 Å². The van der Waals surface area contributed by atoms with Crippen molar-refractivity contribution in [1.82, 2.24) is 10.3 Å². The molecule has 17 heavy (non-hydrogen) atoms. The highest BCUT2D eigenvalue weighted by atomic mass is 16.4. The highest BCUT2D eigenvalue weighted by Crippen LogP contribution is 2.06. The number of carbonyl (C=O) groups is 1. The van der Waals surface area contributed by atoms with Gasteiger partial charge in [0.15, 0.2) is 5.84 Å². The van der Waals surface area contributed by atoms with Crippen LogP contribution >= 0.6 is 0 Å². The molecule has 0 aromatic carbocycles. The van der Waals surface area contributed by atoms with E-state index in [2.05, 4.69) is 15.5 Å². The molecule has 0 aliphatic heterocycles. The number of oxime groups is 1. The van der Waals surface area contributed by atoms with Crippen LogP contribution < -0.4 is 11.1 Å². The minimum Gasteiger partial charge on any atom is -0.409 e. The number of amides is 1. The number of nitrogens with zero attached hydrogens (tertiary/aromatic N) is 2. The third kappa shape index (κ3) is 3.17. The van der Waals surface area contributed by atoms with E-state index in [-0.39, 0.29) is 11.7 Å². The Labute approximate surface area is 99.5 Å². The number of pyridine rings is 1. The summed E-state index contributed by atoms with van der Waals surface area (Å²) in [7, 11) is 0. The third-order valence-corrected chi connectivity index (χ3v) is 2.38. The molecule has 6 heteroatoms. The van der Waals surface area contributed by atoms with Gasteiger partial charge >= 0.3 is 0 Å². The molecule has 0 fully saturated rings. The van der Waals surface area contributed by atoms with Gasteiger partial charge in [-0.25, -0.2) is 0 Å². The molecule has 0 aliphatic carbocycles. The topological polar surface area (TPSA) is 101 Å². The Hall–Kier alpha value is -2.11. The van der Waals surface area contributed by atoms with Crippen molar-refractivity contribution in [3.8, 4) is 0 Å². The average Bonchev–Trinajstić information content (AvgIpc) is 2.27. The Morgan fingerprint density at radius 1 is 1.53 bits per heavy atom. The van der Waals surface area contributed by atoms with E-state index >= 15 is 0 Å². The number of nitrogens with one attached hydrogen (secondary N) is 1. The average molecular weight is 236 g/mol. The fraction of sp³-hybridized carbons (Fsp3) is 0.364. The van der Waals surface area contributed by atoms with Gasteiger partial charge in [0.1, 0.15) is 0 Å². The van der Waals surface area contributed by atoms with Crippen molar-refractivity contribution in [3.05, 3.63) is 29.1 Å². The molecule has 6 nitrogen and oxygen atoms in total. The second kappa shape index (κ2) is 5.29. The van der Waals surface area contributed by atoms with Crippen LogP contribution in [0.2, 0.25) is 0 Å². The lowest BCUT2D eigenvalue weighted by molar-refractivity contribution is 0.0947. The summed E-state index contributed by atoms with van der Waals surface area (Å²) in [6.45, 7) is 5.24. The Morgan fingerprint density at radius 3 is 2.71 bits per heavy atom. The maximum atomic E-state index is 11.9. The number of aryl methyl sites for hydroxylation is 2. The van der Waals surface area contributed by atoms with Gasteiger partial charge in [-0.1, -0.05) is 5.16 Å². The van der Waals surface area contributed by atoms with Crippen LogP contribution in [0, 0.1) is 13.8 Å². The molecule has 1 aromatic heterocycles. The Kier molecular flexibility index (Phi) is 4.03. The van der Waals surface area contributed by atoms with Gasteiger partial charge in [-0.3, -0.25) is 9.78 Å². The van der Waals surface area contributed by atoms with Gasteiger partial charge in [-0.15, -0.1) is 0 Å². The van der Waals surface area contributed by atoms with E-state index in [4.69, 9.17) is 10.9 Å². The van der Waals surface area contributed by atoms with E-state index in [0.717, 1.165) is 5.69 Å². The van der Waals surface area contributed by atoms with Crippen molar-refractivity contribution in [2.45, 2.75) is 26.8 Å². The van der Waals surface area contributed by atoms with Crippen LogP contribution in [-0.2, 0) is 0 Å². The van der Waals surface area contributed by atoms with Crippen molar-refractivity contribution in [2.75, 3.05) is 0 Å². The molecule has 0 spiro atoms. The predicted molar refractivity (Wildman–Crippen MR) is 64.0 cm³/mol. The standard InChI is InChI=1S/C11H16N4O2/c1-6-4-5-9(7(2)13-6)11(16)14-8(3)10(12)15-17/h4-5,8,17H,1-3H3,(H2,12,15)(H,14,16). The van der Waals surface area contributed by atoms with Crippen LogP contribution in [0.4, 0.5) is 0 Å². The molecule has 1 atom stereocenters. The summed E-state index contributed by atoms with van der Waals surface area (Å²) in [4.78, 5) is 16.1. The summed E-state index contributed by atoms with van der Waals surface area (Å²) in [5, 5.41) is 13.9. The normalized spacial score (nSPS) is 13.2. The first-order chi connectivity index (χ1) is 7.95. The van der Waals surface area contributed by atoms with Gasteiger partial charge in [-0.2, -0.15) is 0 Å². The van der Waals surface area contributed by atoms with Crippen molar-refractivity contribution >= 4 is 11.7 Å². The lowest BCUT2D eigenvalue weighted by Crippen LogP contribution is -2.42. The van der Waals surface area contributed by atoms with E-state index in [1.165, 1.54) is 0 Å². The predicted octanol–water partition coefficient (Wildman–Crippen LogP) is 0.563. The number of rotatable bonds is 3. The molecule has 0 aliphatic rings. The van der Waals surface area contributed by atoms with Crippen LogP contribution in [0.1, 0.15) is 28.7 Å². The lowest BCUT2D eigenvalue weighted by atomic mass is 10.1. The first-order valence-corrected chi connectivity index (χ1v) is 5.18. The number of aromatic nitrogens is 1. The van der Waals surface area contributed by atoms with E-state index in [1.54, 1.807) is 26.0 Å². The lowest BCUT2D eigenvalue weighted by Gasteiger charge is -2.13. The van der Waals surface area contributed by atoms with Crippen LogP contribution in [0.3, 0.4) is 0 Å². The van der Waals surface area contributed by atoms with E-state index in [1.807, 2.05) is 6.92 Å². The highest BCUT2D eigenvalue weighted by Gasteiger charge is 2.15. The zero-order chi connectivity index (χ0) is 13.0. The minimum absolute atomic E-state index is 0.0453. The van der Waals surface area contributed by atoms with Crippen molar-refractivity contribution in [3.63, 3.8) is 0 Å². The van der Waals surface area contributed by atoms with E-state index in [0.29, 0.717) is 11.3 Å². The Balaban J connectivity index is 2.84. The van der Waals surface area contributed by atoms with Gasteiger partial charge in [0.2, 0.25) is 0 Å². The maximum absolute atomic E-state index is 11.9. The van der Waals surface area contributed by atoms with Crippen LogP contribution in [-0.4, -0.2) is 28.0 Å². The molecule has 1 rings (SSSR count). The van der Waals surface area contributed by atoms with Crippen LogP contribution in [0.5, 0.6) is 0 Å². The second-order valence-electron chi connectivity index (χ2n) is 3.81. The molecule has 1 aromatic rings. The second-order valence-corrected chi connectivity index (χ2v) is 3.81. The molecule has 0 saturated heterocycles. The van der Waals surface area contributed by atoms with Crippen molar-refractivity contribution < 1.29 is 10.0 Å². The molecule has 92 valence electrons. The van der Waals surface area contributed by atoms with Crippen molar-refractivity contribution in [1.29, 1.82) is 0 Å². The largest absolute Gasteiger partial charge is 0.409 e. The van der Waals surface area contributed by atoms with Crippen LogP contribution in [0.25, 0.3) is 0 Å². The molecular weight excluding hydrogens is 220 g/mol. The van der Waals surface area contributed by atoms with Gasteiger partial charge in [0, 0.05) is 5.69 Å². The molecule has 0 saturated carbocycles. The molecule has 1 heterocycles. The van der Waals surface area contributed by atoms with Gasteiger partial charge in [0.05, 0.1) is 17.3 Å². The summed E-state index contributed by atoms with van der Waals surface area (Å²) < 4.78 is 0. The quantitative estimate of drug-likeness (QED) is 0.309. The summed E-state index contributed by atoms with van der Waals surface area (Å²) in [5.74, 6) is -0.342. The Bertz CT molecular complexity index is 457. The fourth-order valence-corrected chi connectivity index (χ4v) is 1.36. The Morgan fingerprint density at radius 2 is 2.18 bits per heavy atom. The summed E-state index contributed by atoms with van der Waals surface area (Å²) in [5.41, 5.74) is 7.35. The van der Waals surface area contributed by atoms with Gasteiger partial charge in [0.25, 0.3) is 5.91 Å². The van der Waals surface area contributed by atoms with Crippen LogP contribution in [0.15, 0.2) is 17.3 Å². The van der Waals surface area contributed by atoms with Gasteiger partial charge in [-0.05, 0) is 32.9 Å². The number of hydrogen-bond acceptors (Lipinski definition) is 4. The fourth-order valence-electron chi connectivity index (χ4n) is 1.36. The third-order valence-electron chi connectivity index (χ3n) is 2.38. The number of carbonyl (C=O) groups excluding carboxylic acids is 1. The first-order valence-electron chi connectivity index (χ1n) is 5.18. The molecular formula is C11H16N4O2. The molecule has 1 amide bonds. The SMILES string of the molecule is Cc1ccc(C(=O)NC(C)C(N)=NO)c(C)n1. The number of amidine groups is 1. The summed E-state index contributed by atoms with van der Waals surface area (Å²) >= 11 is 0. The maximum Gasteiger partial charge on any atom is 0.253 e. The summed E-state index contributed by atoms with van der Waals surface area (Å²) in [6.07, 6.45) is 0. The first kappa shape index (κ1) is 13.0. The van der Waals surface area contributed by atoms with Crippen molar-refractivity contribution in [2.24, 2.45) is 10.9 Å². The highest BCUT2D eigenvalue weighted by molar-refractivity contribution is 5.98. The smallest absolute Gasteiger partial charge is 0.253 e. The van der Waals surface area contributed by atoms with Gasteiger partial charge < -0.3 is 16.3 Å².